The van der Waals surface area contributed by atoms with Gasteiger partial charge in [0.25, 0.3) is 0 Å². The van der Waals surface area contributed by atoms with Crippen molar-refractivity contribution in [2.75, 3.05) is 0 Å². The van der Waals surface area contributed by atoms with Gasteiger partial charge >= 0.3 is 0 Å². The Labute approximate surface area is 90.0 Å². The summed E-state index contributed by atoms with van der Waals surface area (Å²) in [7, 11) is 0. The molecule has 0 N–H and O–H groups in total. The highest BCUT2D eigenvalue weighted by Crippen LogP contribution is 2.28. The van der Waals surface area contributed by atoms with Crippen molar-refractivity contribution in [1.82, 2.24) is 0 Å². The predicted octanol–water partition coefficient (Wildman–Crippen LogP) is 3.38. The molecule has 75 valence electrons. The second kappa shape index (κ2) is 3.87. The highest BCUT2D eigenvalue weighted by atomic mass is 16.3. The van der Waals surface area contributed by atoms with Gasteiger partial charge in [-0.2, -0.15) is 0 Å². The van der Waals surface area contributed by atoms with Crippen molar-refractivity contribution in [3.05, 3.63) is 71.8 Å². The summed E-state index contributed by atoms with van der Waals surface area (Å²) in [6.07, 6.45) is 0. The Hall–Kier alpha value is -1.60. The Kier molecular flexibility index (Phi) is 2.57. The quantitative estimate of drug-likeness (QED) is 0.703. The molecule has 0 aliphatic rings. The van der Waals surface area contributed by atoms with Crippen LogP contribution in [0.15, 0.2) is 60.7 Å². The average molecular weight is 197 g/mol. The lowest BCUT2D eigenvalue weighted by atomic mass is 9.88. The number of hydrogen-bond acceptors (Lipinski definition) is 0. The van der Waals surface area contributed by atoms with E-state index in [1.165, 1.54) is 0 Å². The zero-order valence-electron chi connectivity index (χ0n) is 8.68. The van der Waals surface area contributed by atoms with Crippen LogP contribution in [0.25, 0.3) is 0 Å². The van der Waals surface area contributed by atoms with Gasteiger partial charge in [-0.25, -0.2) is 5.11 Å². The molecule has 0 saturated heterocycles. The van der Waals surface area contributed by atoms with Gasteiger partial charge in [-0.1, -0.05) is 60.7 Å². The maximum absolute atomic E-state index is 12.5. The molecule has 0 fully saturated rings. The first-order chi connectivity index (χ1) is 7.21. The molecular weight excluding hydrogens is 184 g/mol. The van der Waals surface area contributed by atoms with Gasteiger partial charge in [-0.3, -0.25) is 0 Å². The third-order valence-corrected chi connectivity index (χ3v) is 2.65. The molecular formula is C14H13O. The zero-order valence-corrected chi connectivity index (χ0v) is 8.68. The molecule has 0 aliphatic carbocycles. The van der Waals surface area contributed by atoms with Crippen LogP contribution in [0.2, 0.25) is 0 Å². The largest absolute Gasteiger partial charge is 0.219 e. The normalized spacial score (nSPS) is 11.3. The van der Waals surface area contributed by atoms with Gasteiger partial charge < -0.3 is 0 Å². The van der Waals surface area contributed by atoms with Crippen LogP contribution < -0.4 is 0 Å². The molecule has 0 spiro atoms. The molecule has 2 aromatic rings. The summed E-state index contributed by atoms with van der Waals surface area (Å²) < 4.78 is 0. The Morgan fingerprint density at radius 3 is 1.40 bits per heavy atom. The van der Waals surface area contributed by atoms with Crippen LogP contribution in [0.3, 0.4) is 0 Å². The molecule has 1 nitrogen and oxygen atoms in total. The molecule has 0 heterocycles. The van der Waals surface area contributed by atoms with Gasteiger partial charge in [-0.05, 0) is 18.1 Å². The first kappa shape index (κ1) is 9.94. The molecule has 1 radical (unpaired) electrons. The summed E-state index contributed by atoms with van der Waals surface area (Å²) in [6.45, 7) is 1.71. The van der Waals surface area contributed by atoms with Crippen LogP contribution in [0.1, 0.15) is 18.1 Å². The monoisotopic (exact) mass is 197 g/mol. The third kappa shape index (κ3) is 1.92. The van der Waals surface area contributed by atoms with Crippen LogP contribution in [0.5, 0.6) is 0 Å². The molecule has 0 aromatic heterocycles. The smallest absolute Gasteiger partial charge is 0.151 e. The Balaban J connectivity index is 2.44. The fourth-order valence-electron chi connectivity index (χ4n) is 1.68. The van der Waals surface area contributed by atoms with E-state index < -0.39 is 5.60 Å². The van der Waals surface area contributed by atoms with Crippen molar-refractivity contribution in [2.45, 2.75) is 12.5 Å². The van der Waals surface area contributed by atoms with Gasteiger partial charge in [0.2, 0.25) is 0 Å². The Morgan fingerprint density at radius 1 is 0.733 bits per heavy atom. The fourth-order valence-corrected chi connectivity index (χ4v) is 1.68. The minimum Gasteiger partial charge on any atom is -0.219 e. The second-order valence-corrected chi connectivity index (χ2v) is 3.77. The molecule has 0 amide bonds. The van der Waals surface area contributed by atoms with Crippen LogP contribution in [-0.4, -0.2) is 0 Å². The van der Waals surface area contributed by atoms with Crippen LogP contribution >= 0.6 is 0 Å². The molecule has 0 aliphatic heterocycles. The lowest BCUT2D eigenvalue weighted by Crippen LogP contribution is -2.20. The van der Waals surface area contributed by atoms with Gasteiger partial charge in [0.15, 0.2) is 5.60 Å². The highest BCUT2D eigenvalue weighted by molar-refractivity contribution is 5.34. The maximum atomic E-state index is 12.5. The minimum atomic E-state index is -1.16. The molecule has 0 bridgehead atoms. The van der Waals surface area contributed by atoms with E-state index in [1.807, 2.05) is 60.7 Å². The van der Waals surface area contributed by atoms with Gasteiger partial charge in [0, 0.05) is 0 Å². The van der Waals surface area contributed by atoms with Crippen molar-refractivity contribution in [3.8, 4) is 0 Å². The third-order valence-electron chi connectivity index (χ3n) is 2.65. The molecule has 2 aromatic carbocycles. The first-order valence-corrected chi connectivity index (χ1v) is 5.03. The highest BCUT2D eigenvalue weighted by Gasteiger charge is 2.27. The van der Waals surface area contributed by atoms with E-state index in [0.29, 0.717) is 0 Å². The van der Waals surface area contributed by atoms with Gasteiger partial charge in [-0.15, -0.1) is 0 Å². The van der Waals surface area contributed by atoms with Gasteiger partial charge in [0.05, 0.1) is 0 Å². The second-order valence-electron chi connectivity index (χ2n) is 3.77. The molecule has 2 rings (SSSR count). The summed E-state index contributed by atoms with van der Waals surface area (Å²) in [4.78, 5) is 0. The van der Waals surface area contributed by atoms with E-state index >= 15 is 0 Å². The summed E-state index contributed by atoms with van der Waals surface area (Å²) >= 11 is 0. The molecule has 0 saturated carbocycles. The number of hydrogen-bond donors (Lipinski definition) is 0. The molecule has 1 heteroatoms. The van der Waals surface area contributed by atoms with Crippen LogP contribution in [0, 0.1) is 0 Å². The molecule has 15 heavy (non-hydrogen) atoms. The van der Waals surface area contributed by atoms with Crippen molar-refractivity contribution < 1.29 is 5.11 Å². The van der Waals surface area contributed by atoms with Crippen LogP contribution in [0.4, 0.5) is 0 Å². The molecule has 0 unspecified atom stereocenters. The topological polar surface area (TPSA) is 19.9 Å². The van der Waals surface area contributed by atoms with Crippen LogP contribution in [-0.2, 0) is 10.7 Å². The maximum Gasteiger partial charge on any atom is 0.151 e. The number of benzene rings is 2. The average Bonchev–Trinajstić information content (AvgIpc) is 2.31. The lowest BCUT2D eigenvalue weighted by Gasteiger charge is -2.21. The Bertz CT molecular complexity index is 376. The van der Waals surface area contributed by atoms with Crippen molar-refractivity contribution in [2.24, 2.45) is 0 Å². The van der Waals surface area contributed by atoms with Crippen molar-refractivity contribution in [3.63, 3.8) is 0 Å². The van der Waals surface area contributed by atoms with E-state index in [9.17, 15) is 5.11 Å². The SMILES string of the molecule is CC([O])(c1ccccc1)c1ccccc1. The predicted molar refractivity (Wildman–Crippen MR) is 60.0 cm³/mol. The lowest BCUT2D eigenvalue weighted by molar-refractivity contribution is 0.0207. The summed E-state index contributed by atoms with van der Waals surface area (Å²) in [5.41, 5.74) is 0.440. The molecule has 0 atom stereocenters. The van der Waals surface area contributed by atoms with E-state index in [-0.39, 0.29) is 0 Å². The van der Waals surface area contributed by atoms with E-state index in [4.69, 9.17) is 0 Å². The van der Waals surface area contributed by atoms with E-state index in [2.05, 4.69) is 0 Å². The summed E-state index contributed by atoms with van der Waals surface area (Å²) in [5, 5.41) is 12.5. The zero-order chi connectivity index (χ0) is 10.7. The summed E-state index contributed by atoms with van der Waals surface area (Å²) in [5.74, 6) is 0. The van der Waals surface area contributed by atoms with E-state index in [0.717, 1.165) is 11.1 Å². The van der Waals surface area contributed by atoms with Crippen molar-refractivity contribution >= 4 is 0 Å². The van der Waals surface area contributed by atoms with Crippen molar-refractivity contribution in [1.29, 1.82) is 0 Å². The minimum absolute atomic E-state index is 0.802. The first-order valence-electron chi connectivity index (χ1n) is 5.03. The fraction of sp³-hybridized carbons (Fsp3) is 0.143. The Morgan fingerprint density at radius 2 is 1.07 bits per heavy atom. The number of rotatable bonds is 2. The van der Waals surface area contributed by atoms with E-state index in [1.54, 1.807) is 6.92 Å². The summed E-state index contributed by atoms with van der Waals surface area (Å²) in [6, 6.07) is 18.9. The van der Waals surface area contributed by atoms with Gasteiger partial charge in [0.1, 0.15) is 0 Å². The standard InChI is InChI=1S/C14H13O/c1-14(15,12-8-4-2-5-9-12)13-10-6-3-7-11-13/h2-11H,1H3.